The van der Waals surface area contributed by atoms with Gasteiger partial charge in [0.2, 0.25) is 0 Å². The molecule has 1 nitrogen and oxygen atoms in total. The van der Waals surface area contributed by atoms with Crippen molar-refractivity contribution >= 4 is 0 Å². The molecular formula is C17H25N. The van der Waals surface area contributed by atoms with Crippen molar-refractivity contribution in [2.45, 2.75) is 51.5 Å². The van der Waals surface area contributed by atoms with E-state index in [9.17, 15) is 0 Å². The molecule has 98 valence electrons. The minimum Gasteiger partial charge on any atom is -0.314 e. The van der Waals surface area contributed by atoms with E-state index in [-0.39, 0.29) is 0 Å². The summed E-state index contributed by atoms with van der Waals surface area (Å²) < 4.78 is 0. The van der Waals surface area contributed by atoms with Crippen molar-refractivity contribution < 1.29 is 0 Å². The quantitative estimate of drug-likeness (QED) is 0.830. The lowest BCUT2D eigenvalue weighted by Crippen LogP contribution is -2.31. The van der Waals surface area contributed by atoms with Crippen LogP contribution in [0.2, 0.25) is 0 Å². The minimum absolute atomic E-state index is 0.751. The molecule has 2 aliphatic carbocycles. The van der Waals surface area contributed by atoms with Crippen molar-refractivity contribution in [3.05, 3.63) is 35.4 Å². The Morgan fingerprint density at radius 1 is 1.28 bits per heavy atom. The molecule has 1 aromatic carbocycles. The Morgan fingerprint density at radius 3 is 2.89 bits per heavy atom. The zero-order valence-corrected chi connectivity index (χ0v) is 11.7. The van der Waals surface area contributed by atoms with Gasteiger partial charge in [-0.25, -0.2) is 0 Å². The van der Waals surface area contributed by atoms with Crippen molar-refractivity contribution in [3.63, 3.8) is 0 Å². The first kappa shape index (κ1) is 12.2. The molecule has 0 bridgehead atoms. The first-order valence-corrected chi connectivity index (χ1v) is 7.68. The Morgan fingerprint density at radius 2 is 2.11 bits per heavy atom. The van der Waals surface area contributed by atoms with E-state index in [1.165, 1.54) is 25.7 Å². The maximum atomic E-state index is 3.73. The highest BCUT2D eigenvalue weighted by Gasteiger charge is 2.55. The van der Waals surface area contributed by atoms with Crippen molar-refractivity contribution in [2.24, 2.45) is 11.8 Å². The molecule has 0 aromatic heterocycles. The monoisotopic (exact) mass is 243 g/mol. The van der Waals surface area contributed by atoms with Crippen LogP contribution < -0.4 is 5.32 Å². The van der Waals surface area contributed by atoms with Gasteiger partial charge >= 0.3 is 0 Å². The van der Waals surface area contributed by atoms with Crippen LogP contribution in [0, 0.1) is 11.8 Å². The molecule has 2 aliphatic rings. The summed E-state index contributed by atoms with van der Waals surface area (Å²) in [4.78, 5) is 0. The molecule has 0 heterocycles. The second-order valence-electron chi connectivity index (χ2n) is 5.96. The molecule has 1 N–H and O–H groups in total. The number of hydrogen-bond acceptors (Lipinski definition) is 1. The van der Waals surface area contributed by atoms with Gasteiger partial charge in [0.25, 0.3) is 0 Å². The van der Waals surface area contributed by atoms with E-state index in [1.807, 2.05) is 0 Å². The smallest absolute Gasteiger partial charge is 0.0104 e. The molecule has 4 atom stereocenters. The van der Waals surface area contributed by atoms with E-state index in [0.717, 1.165) is 30.3 Å². The Kier molecular flexibility index (Phi) is 3.43. The molecule has 0 radical (unpaired) electrons. The predicted octanol–water partition coefficient (Wildman–Crippen LogP) is 3.74. The highest BCUT2D eigenvalue weighted by atomic mass is 14.9. The van der Waals surface area contributed by atoms with Crippen LogP contribution in [-0.4, -0.2) is 12.6 Å². The summed E-state index contributed by atoms with van der Waals surface area (Å²) in [6.07, 6.45) is 5.36. The van der Waals surface area contributed by atoms with Gasteiger partial charge in [-0.15, -0.1) is 0 Å². The number of fused-ring (bicyclic) bond motifs is 3. The largest absolute Gasteiger partial charge is 0.314 e. The lowest BCUT2D eigenvalue weighted by Gasteiger charge is -2.17. The topological polar surface area (TPSA) is 12.0 Å². The van der Waals surface area contributed by atoms with Crippen LogP contribution in [0.4, 0.5) is 0 Å². The maximum absolute atomic E-state index is 3.73. The van der Waals surface area contributed by atoms with E-state index in [1.54, 1.807) is 11.1 Å². The van der Waals surface area contributed by atoms with E-state index >= 15 is 0 Å². The third-order valence-corrected chi connectivity index (χ3v) is 4.92. The van der Waals surface area contributed by atoms with Gasteiger partial charge in [0, 0.05) is 6.04 Å². The Hall–Kier alpha value is -0.820. The molecule has 1 saturated carbocycles. The number of rotatable bonds is 5. The Labute approximate surface area is 111 Å². The van der Waals surface area contributed by atoms with E-state index in [0.29, 0.717) is 0 Å². The Balaban J connectivity index is 1.78. The molecule has 0 aliphatic heterocycles. The lowest BCUT2D eigenvalue weighted by molar-refractivity contribution is 0.415. The van der Waals surface area contributed by atoms with Crippen LogP contribution in [0.15, 0.2) is 24.3 Å². The first-order chi connectivity index (χ1) is 8.86. The first-order valence-electron chi connectivity index (χ1n) is 7.68. The number of aryl methyl sites for hydroxylation is 1. The summed E-state index contributed by atoms with van der Waals surface area (Å²) in [5, 5.41) is 3.73. The highest BCUT2D eigenvalue weighted by molar-refractivity contribution is 5.40. The fourth-order valence-electron chi connectivity index (χ4n) is 4.17. The summed E-state index contributed by atoms with van der Waals surface area (Å²) in [7, 11) is 0. The Bertz CT molecular complexity index is 406. The average molecular weight is 243 g/mol. The van der Waals surface area contributed by atoms with Crippen LogP contribution >= 0.6 is 0 Å². The standard InChI is InChI=1S/C17H25N/c1-3-7-15(18-4-2)17-14-11-10-12-8-5-6-9-13(12)16(14)17/h5-6,8-9,14-18H,3-4,7,10-11H2,1-2H3. The van der Waals surface area contributed by atoms with Gasteiger partial charge in [0.05, 0.1) is 0 Å². The van der Waals surface area contributed by atoms with E-state index in [4.69, 9.17) is 0 Å². The van der Waals surface area contributed by atoms with Gasteiger partial charge in [-0.3, -0.25) is 0 Å². The van der Waals surface area contributed by atoms with Crippen LogP contribution in [-0.2, 0) is 6.42 Å². The third kappa shape index (κ3) is 1.99. The second kappa shape index (κ2) is 5.05. The molecule has 1 aromatic rings. The van der Waals surface area contributed by atoms with Crippen molar-refractivity contribution in [1.29, 1.82) is 0 Å². The van der Waals surface area contributed by atoms with Crippen molar-refractivity contribution in [2.75, 3.05) is 6.54 Å². The van der Waals surface area contributed by atoms with Gasteiger partial charge in [-0.2, -0.15) is 0 Å². The van der Waals surface area contributed by atoms with Crippen LogP contribution in [0.3, 0.4) is 0 Å². The SMILES string of the molecule is CCCC(NCC)C1C2CCc3ccccc3C21. The van der Waals surface area contributed by atoms with Gasteiger partial charge in [0.1, 0.15) is 0 Å². The lowest BCUT2D eigenvalue weighted by atomic mass is 9.92. The predicted molar refractivity (Wildman–Crippen MR) is 76.9 cm³/mol. The van der Waals surface area contributed by atoms with Gasteiger partial charge in [-0.05, 0) is 54.7 Å². The van der Waals surface area contributed by atoms with Crippen LogP contribution in [0.5, 0.6) is 0 Å². The number of hydrogen-bond donors (Lipinski definition) is 1. The highest BCUT2D eigenvalue weighted by Crippen LogP contribution is 2.61. The molecule has 18 heavy (non-hydrogen) atoms. The number of nitrogens with one attached hydrogen (secondary N) is 1. The number of benzene rings is 1. The van der Waals surface area contributed by atoms with Crippen molar-refractivity contribution in [1.82, 2.24) is 5.32 Å². The normalized spacial score (nSPS) is 30.4. The molecule has 0 spiro atoms. The molecule has 4 unspecified atom stereocenters. The molecule has 3 rings (SSSR count). The summed E-state index contributed by atoms with van der Waals surface area (Å²) in [5.74, 6) is 2.74. The molecule has 0 saturated heterocycles. The fraction of sp³-hybridized carbons (Fsp3) is 0.647. The zero-order chi connectivity index (χ0) is 12.5. The molecule has 1 fully saturated rings. The molecular weight excluding hydrogens is 218 g/mol. The summed E-state index contributed by atoms with van der Waals surface area (Å²) in [5.41, 5.74) is 3.28. The molecule has 1 heteroatoms. The summed E-state index contributed by atoms with van der Waals surface area (Å²) in [6, 6.07) is 9.88. The second-order valence-corrected chi connectivity index (χ2v) is 5.96. The van der Waals surface area contributed by atoms with Crippen LogP contribution in [0.25, 0.3) is 0 Å². The van der Waals surface area contributed by atoms with E-state index in [2.05, 4.69) is 43.4 Å². The van der Waals surface area contributed by atoms with Gasteiger partial charge in [0.15, 0.2) is 0 Å². The van der Waals surface area contributed by atoms with E-state index < -0.39 is 0 Å². The van der Waals surface area contributed by atoms with Crippen molar-refractivity contribution in [3.8, 4) is 0 Å². The van der Waals surface area contributed by atoms with Gasteiger partial charge < -0.3 is 5.32 Å². The minimum atomic E-state index is 0.751. The third-order valence-electron chi connectivity index (χ3n) is 4.92. The van der Waals surface area contributed by atoms with Crippen LogP contribution in [0.1, 0.15) is 50.2 Å². The average Bonchev–Trinajstić information content (AvgIpc) is 3.13. The molecule has 0 amide bonds. The maximum Gasteiger partial charge on any atom is 0.0104 e. The fourth-order valence-corrected chi connectivity index (χ4v) is 4.17. The zero-order valence-electron chi connectivity index (χ0n) is 11.7. The summed E-state index contributed by atoms with van der Waals surface area (Å²) >= 11 is 0. The van der Waals surface area contributed by atoms with Gasteiger partial charge in [-0.1, -0.05) is 44.5 Å². The summed E-state index contributed by atoms with van der Waals surface area (Å²) in [6.45, 7) is 5.66.